The first-order chi connectivity index (χ1) is 9.56. The fraction of sp³-hybridized carbons (Fsp3) is 0.615. The van der Waals surface area contributed by atoms with E-state index in [0.717, 1.165) is 16.8 Å². The van der Waals surface area contributed by atoms with E-state index in [1.807, 2.05) is 18.4 Å². The van der Waals surface area contributed by atoms with Crippen molar-refractivity contribution in [3.63, 3.8) is 0 Å². The molecule has 0 aliphatic heterocycles. The van der Waals surface area contributed by atoms with Gasteiger partial charge in [0.2, 0.25) is 0 Å². The van der Waals surface area contributed by atoms with E-state index in [1.165, 1.54) is 7.05 Å². The van der Waals surface area contributed by atoms with Crippen LogP contribution in [0, 0.1) is 0 Å². The minimum Gasteiger partial charge on any atom is -0.329 e. The second kappa shape index (κ2) is 5.62. The zero-order valence-electron chi connectivity index (χ0n) is 12.2. The molecule has 0 amide bonds. The van der Waals surface area contributed by atoms with E-state index in [2.05, 4.69) is 4.98 Å². The van der Waals surface area contributed by atoms with Crippen LogP contribution in [0.15, 0.2) is 9.59 Å². The number of rotatable bonds is 5. The number of aryl methyl sites for hydroxylation is 2. The summed E-state index contributed by atoms with van der Waals surface area (Å²) >= 11 is 0. The first-order valence-electron chi connectivity index (χ1n) is 6.95. The van der Waals surface area contributed by atoms with Crippen molar-refractivity contribution in [2.24, 2.45) is 12.8 Å². The van der Waals surface area contributed by atoms with Crippen LogP contribution in [0.4, 0.5) is 0 Å². The third-order valence-corrected chi connectivity index (χ3v) is 3.43. The predicted molar refractivity (Wildman–Crippen MR) is 78.0 cm³/mol. The van der Waals surface area contributed by atoms with Crippen LogP contribution in [0.1, 0.15) is 26.1 Å². The Morgan fingerprint density at radius 3 is 2.40 bits per heavy atom. The Morgan fingerprint density at radius 2 is 1.85 bits per heavy atom. The Kier molecular flexibility index (Phi) is 4.08. The van der Waals surface area contributed by atoms with Gasteiger partial charge in [0.1, 0.15) is 5.82 Å². The Bertz CT molecular complexity index is 738. The quantitative estimate of drug-likeness (QED) is 0.823. The van der Waals surface area contributed by atoms with Gasteiger partial charge in [0, 0.05) is 33.1 Å². The summed E-state index contributed by atoms with van der Waals surface area (Å²) in [5.74, 6) is 0.790. The van der Waals surface area contributed by atoms with Gasteiger partial charge in [0.15, 0.2) is 11.2 Å². The van der Waals surface area contributed by atoms with Crippen LogP contribution in [0.25, 0.3) is 11.2 Å². The Labute approximate surface area is 116 Å². The lowest BCUT2D eigenvalue weighted by molar-refractivity contribution is 0.608. The highest BCUT2D eigenvalue weighted by Gasteiger charge is 2.18. The van der Waals surface area contributed by atoms with Crippen molar-refractivity contribution in [3.8, 4) is 0 Å². The van der Waals surface area contributed by atoms with Crippen LogP contribution in [-0.2, 0) is 26.6 Å². The molecule has 0 atom stereocenters. The van der Waals surface area contributed by atoms with Crippen LogP contribution in [0.3, 0.4) is 0 Å². The molecule has 0 aromatic carbocycles. The van der Waals surface area contributed by atoms with E-state index in [9.17, 15) is 9.59 Å². The van der Waals surface area contributed by atoms with Crippen molar-refractivity contribution in [2.45, 2.75) is 39.8 Å². The standard InChI is InChI=1S/C13H21N5O2/c1-4-7-18-11-10(12(19)16(3)13(18)20)17(8-6-14)9(5-2)15-11/h4-8,14H2,1-3H3. The first-order valence-corrected chi connectivity index (χ1v) is 6.95. The van der Waals surface area contributed by atoms with E-state index in [1.54, 1.807) is 4.57 Å². The lowest BCUT2D eigenvalue weighted by atomic mass is 10.4. The van der Waals surface area contributed by atoms with Gasteiger partial charge >= 0.3 is 5.69 Å². The smallest absolute Gasteiger partial charge is 0.329 e. The second-order valence-corrected chi connectivity index (χ2v) is 4.79. The van der Waals surface area contributed by atoms with Gasteiger partial charge in [-0.1, -0.05) is 13.8 Å². The number of hydrogen-bond acceptors (Lipinski definition) is 4. The molecule has 20 heavy (non-hydrogen) atoms. The van der Waals surface area contributed by atoms with E-state index in [4.69, 9.17) is 5.73 Å². The summed E-state index contributed by atoms with van der Waals surface area (Å²) < 4.78 is 4.55. The molecule has 0 aliphatic rings. The third-order valence-electron chi connectivity index (χ3n) is 3.43. The largest absolute Gasteiger partial charge is 0.332 e. The second-order valence-electron chi connectivity index (χ2n) is 4.79. The van der Waals surface area contributed by atoms with E-state index in [-0.39, 0.29) is 11.2 Å². The zero-order chi connectivity index (χ0) is 14.9. The molecule has 0 bridgehead atoms. The number of fused-ring (bicyclic) bond motifs is 1. The number of nitrogens with zero attached hydrogens (tertiary/aromatic N) is 4. The van der Waals surface area contributed by atoms with Gasteiger partial charge in [-0.3, -0.25) is 13.9 Å². The van der Waals surface area contributed by atoms with Gasteiger partial charge in [-0.15, -0.1) is 0 Å². The van der Waals surface area contributed by atoms with Crippen LogP contribution in [-0.4, -0.2) is 25.2 Å². The van der Waals surface area contributed by atoms with E-state index >= 15 is 0 Å². The van der Waals surface area contributed by atoms with Crippen molar-refractivity contribution in [3.05, 3.63) is 26.7 Å². The molecule has 0 unspecified atom stereocenters. The SMILES string of the molecule is CCCn1c(=O)n(C)c(=O)c2c1nc(CC)n2CCN. The first kappa shape index (κ1) is 14.5. The van der Waals surface area contributed by atoms with E-state index < -0.39 is 0 Å². The molecule has 0 aliphatic carbocycles. The maximum Gasteiger partial charge on any atom is 0.332 e. The molecule has 2 aromatic heterocycles. The maximum atomic E-state index is 12.4. The predicted octanol–water partition coefficient (Wildman–Crippen LogP) is -0.172. The van der Waals surface area contributed by atoms with Crippen molar-refractivity contribution < 1.29 is 0 Å². The number of hydrogen-bond donors (Lipinski definition) is 1. The normalized spacial score (nSPS) is 11.4. The maximum absolute atomic E-state index is 12.4. The summed E-state index contributed by atoms with van der Waals surface area (Å²) in [5.41, 5.74) is 5.95. The molecule has 7 nitrogen and oxygen atoms in total. The highest BCUT2D eigenvalue weighted by Crippen LogP contribution is 2.12. The molecule has 7 heteroatoms. The number of aromatic nitrogens is 4. The summed E-state index contributed by atoms with van der Waals surface area (Å²) in [4.78, 5) is 29.1. The molecular formula is C13H21N5O2. The van der Waals surface area contributed by atoms with Gasteiger partial charge in [0.25, 0.3) is 5.56 Å². The third kappa shape index (κ3) is 2.07. The van der Waals surface area contributed by atoms with E-state index in [0.29, 0.717) is 37.2 Å². The lowest BCUT2D eigenvalue weighted by Gasteiger charge is -2.09. The molecule has 110 valence electrons. The minimum atomic E-state index is -0.315. The Balaban J connectivity index is 2.94. The molecule has 2 heterocycles. The summed E-state index contributed by atoms with van der Waals surface area (Å²) in [5, 5.41) is 0. The fourth-order valence-corrected chi connectivity index (χ4v) is 2.47. The molecule has 0 saturated heterocycles. The van der Waals surface area contributed by atoms with Crippen LogP contribution < -0.4 is 17.0 Å². The molecular weight excluding hydrogens is 258 g/mol. The summed E-state index contributed by atoms with van der Waals surface area (Å²) in [6.07, 6.45) is 1.50. The topological polar surface area (TPSA) is 87.8 Å². The van der Waals surface area contributed by atoms with Gasteiger partial charge in [-0.2, -0.15) is 0 Å². The summed E-state index contributed by atoms with van der Waals surface area (Å²) in [6, 6.07) is 0. The van der Waals surface area contributed by atoms with Gasteiger partial charge in [-0.25, -0.2) is 9.78 Å². The molecule has 2 N–H and O–H groups in total. The average molecular weight is 279 g/mol. The van der Waals surface area contributed by atoms with Crippen molar-refractivity contribution in [1.82, 2.24) is 18.7 Å². The molecule has 2 rings (SSSR count). The number of imidazole rings is 1. The van der Waals surface area contributed by atoms with Crippen LogP contribution in [0.2, 0.25) is 0 Å². The average Bonchev–Trinajstić information content (AvgIpc) is 2.80. The molecule has 0 radical (unpaired) electrons. The lowest BCUT2D eigenvalue weighted by Crippen LogP contribution is -2.39. The summed E-state index contributed by atoms with van der Waals surface area (Å²) in [7, 11) is 1.50. The van der Waals surface area contributed by atoms with Crippen molar-refractivity contribution in [2.75, 3.05) is 6.54 Å². The molecule has 0 fully saturated rings. The molecule has 2 aromatic rings. The Hall–Kier alpha value is -1.89. The van der Waals surface area contributed by atoms with Crippen LogP contribution >= 0.6 is 0 Å². The monoisotopic (exact) mass is 279 g/mol. The highest BCUT2D eigenvalue weighted by atomic mass is 16.2. The molecule has 0 saturated carbocycles. The summed E-state index contributed by atoms with van der Waals surface area (Å²) in [6.45, 7) is 5.46. The fourth-order valence-electron chi connectivity index (χ4n) is 2.47. The number of nitrogens with two attached hydrogens (primary N) is 1. The van der Waals surface area contributed by atoms with Crippen molar-refractivity contribution in [1.29, 1.82) is 0 Å². The van der Waals surface area contributed by atoms with Crippen molar-refractivity contribution >= 4 is 11.2 Å². The Morgan fingerprint density at radius 1 is 1.15 bits per heavy atom. The minimum absolute atomic E-state index is 0.307. The van der Waals surface area contributed by atoms with Gasteiger partial charge in [0.05, 0.1) is 0 Å². The molecule has 0 spiro atoms. The highest BCUT2D eigenvalue weighted by molar-refractivity contribution is 5.71. The van der Waals surface area contributed by atoms with Gasteiger partial charge in [-0.05, 0) is 6.42 Å². The zero-order valence-corrected chi connectivity index (χ0v) is 12.2. The van der Waals surface area contributed by atoms with Gasteiger partial charge < -0.3 is 10.3 Å². The van der Waals surface area contributed by atoms with Crippen LogP contribution in [0.5, 0.6) is 0 Å².